The number of hydrogen-bond donors (Lipinski definition) is 0. The van der Waals surface area contributed by atoms with E-state index in [9.17, 15) is 4.79 Å². The number of anilines is 1. The molecule has 0 saturated heterocycles. The molecule has 0 unspecified atom stereocenters. The largest absolute Gasteiger partial charge is 0.464 e. The molecule has 0 radical (unpaired) electrons. The van der Waals surface area contributed by atoms with Gasteiger partial charge in [0.15, 0.2) is 10.8 Å². The molecule has 2 aromatic rings. The molecular weight excluding hydrogens is 270 g/mol. The first-order valence-corrected chi connectivity index (χ1v) is 7.02. The zero-order valence-electron chi connectivity index (χ0n) is 10.3. The van der Waals surface area contributed by atoms with Crippen molar-refractivity contribution in [3.8, 4) is 0 Å². The molecule has 0 N–H and O–H groups in total. The lowest BCUT2D eigenvalue weighted by Gasteiger charge is -2.13. The van der Waals surface area contributed by atoms with Crippen LogP contribution in [0.15, 0.2) is 10.8 Å². The van der Waals surface area contributed by atoms with Crippen LogP contribution in [-0.2, 0) is 11.3 Å². The second kappa shape index (κ2) is 5.45. The fraction of sp³-hybridized carbons (Fsp3) is 0.364. The lowest BCUT2D eigenvalue weighted by molar-refractivity contribution is 0.0595. The van der Waals surface area contributed by atoms with Crippen LogP contribution in [0.3, 0.4) is 0 Å². The Morgan fingerprint density at radius 1 is 1.39 bits per heavy atom. The maximum Gasteiger partial charge on any atom is 0.357 e. The quantitative estimate of drug-likeness (QED) is 0.806. The van der Waals surface area contributed by atoms with Crippen molar-refractivity contribution >= 4 is 33.8 Å². The molecule has 2 aromatic heterocycles. The van der Waals surface area contributed by atoms with Gasteiger partial charge in [-0.15, -0.1) is 22.7 Å². The highest BCUT2D eigenvalue weighted by Gasteiger charge is 2.13. The predicted octanol–water partition coefficient (Wildman–Crippen LogP) is 2.33. The third kappa shape index (κ3) is 2.85. The molecular formula is C11H13N3O2S2. The molecule has 0 aliphatic carbocycles. The number of nitrogens with zero attached hydrogens (tertiary/aromatic N) is 3. The van der Waals surface area contributed by atoms with Gasteiger partial charge < -0.3 is 9.64 Å². The first-order chi connectivity index (χ1) is 8.60. The summed E-state index contributed by atoms with van der Waals surface area (Å²) in [7, 11) is 3.28. The minimum absolute atomic E-state index is 0.346. The molecule has 0 atom stereocenters. The van der Waals surface area contributed by atoms with Gasteiger partial charge in [0.25, 0.3) is 0 Å². The maximum atomic E-state index is 11.3. The Morgan fingerprint density at radius 3 is 2.78 bits per heavy atom. The fourth-order valence-electron chi connectivity index (χ4n) is 1.43. The minimum Gasteiger partial charge on any atom is -0.464 e. The number of ether oxygens (including phenoxy) is 1. The van der Waals surface area contributed by atoms with Crippen LogP contribution in [0.1, 0.15) is 21.2 Å². The van der Waals surface area contributed by atoms with Crippen molar-refractivity contribution in [3.05, 3.63) is 27.2 Å². The van der Waals surface area contributed by atoms with Gasteiger partial charge in [-0.25, -0.2) is 14.8 Å². The summed E-state index contributed by atoms with van der Waals surface area (Å²) < 4.78 is 4.63. The van der Waals surface area contributed by atoms with Crippen molar-refractivity contribution < 1.29 is 9.53 Å². The van der Waals surface area contributed by atoms with E-state index in [2.05, 4.69) is 14.7 Å². The average molecular weight is 283 g/mol. The van der Waals surface area contributed by atoms with E-state index in [-0.39, 0.29) is 0 Å². The van der Waals surface area contributed by atoms with Crippen molar-refractivity contribution in [3.63, 3.8) is 0 Å². The molecule has 2 rings (SSSR count). The standard InChI is InChI=1S/C11H13N3O2S2/c1-7-12-8(5-17-7)4-14(2)11-13-9(6-18-11)10(15)16-3/h5-6H,4H2,1-3H3. The first kappa shape index (κ1) is 13.0. The van der Waals surface area contributed by atoms with Crippen LogP contribution in [0.5, 0.6) is 0 Å². The van der Waals surface area contributed by atoms with Gasteiger partial charge in [0.1, 0.15) is 0 Å². The Bertz CT molecular complexity index is 550. The molecule has 0 aliphatic heterocycles. The van der Waals surface area contributed by atoms with Gasteiger partial charge in [-0.05, 0) is 6.92 Å². The molecule has 0 saturated carbocycles. The molecule has 18 heavy (non-hydrogen) atoms. The fourth-order valence-corrected chi connectivity index (χ4v) is 2.79. The third-order valence-electron chi connectivity index (χ3n) is 2.28. The lowest BCUT2D eigenvalue weighted by Crippen LogP contribution is -2.16. The summed E-state index contributed by atoms with van der Waals surface area (Å²) in [5.41, 5.74) is 1.36. The Labute approximate surface area is 113 Å². The van der Waals surface area contributed by atoms with Gasteiger partial charge in [-0.1, -0.05) is 0 Å². The number of thiazole rings is 2. The molecule has 0 bridgehead atoms. The normalized spacial score (nSPS) is 10.4. The molecule has 0 aromatic carbocycles. The Balaban J connectivity index is 2.07. The molecule has 5 nitrogen and oxygen atoms in total. The van der Waals surface area contributed by atoms with Crippen LogP contribution in [0.25, 0.3) is 0 Å². The molecule has 7 heteroatoms. The van der Waals surface area contributed by atoms with Gasteiger partial charge >= 0.3 is 5.97 Å². The van der Waals surface area contributed by atoms with Gasteiger partial charge in [-0.2, -0.15) is 0 Å². The van der Waals surface area contributed by atoms with Gasteiger partial charge in [-0.3, -0.25) is 0 Å². The molecule has 96 valence electrons. The highest BCUT2D eigenvalue weighted by Crippen LogP contribution is 2.21. The maximum absolute atomic E-state index is 11.3. The number of esters is 1. The monoisotopic (exact) mass is 283 g/mol. The third-order valence-corrected chi connectivity index (χ3v) is 4.06. The van der Waals surface area contributed by atoms with Crippen molar-refractivity contribution in [1.82, 2.24) is 9.97 Å². The van der Waals surface area contributed by atoms with Crippen molar-refractivity contribution in [2.45, 2.75) is 13.5 Å². The number of rotatable bonds is 4. The summed E-state index contributed by atoms with van der Waals surface area (Å²) in [5, 5.41) is 5.55. The van der Waals surface area contributed by atoms with Crippen LogP contribution < -0.4 is 4.90 Å². The van der Waals surface area contributed by atoms with E-state index in [1.54, 1.807) is 16.7 Å². The van der Waals surface area contributed by atoms with Crippen LogP contribution in [-0.4, -0.2) is 30.1 Å². The van der Waals surface area contributed by atoms with E-state index in [0.717, 1.165) is 15.8 Å². The predicted molar refractivity (Wildman–Crippen MR) is 72.4 cm³/mol. The summed E-state index contributed by atoms with van der Waals surface area (Å²) in [6.07, 6.45) is 0. The summed E-state index contributed by atoms with van der Waals surface area (Å²) in [6.45, 7) is 2.66. The molecule has 0 aliphatic rings. The van der Waals surface area contributed by atoms with Gasteiger partial charge in [0, 0.05) is 17.8 Å². The first-order valence-electron chi connectivity index (χ1n) is 5.26. The molecule has 0 fully saturated rings. The minimum atomic E-state index is -0.407. The molecule has 0 spiro atoms. The number of hydrogen-bond acceptors (Lipinski definition) is 7. The zero-order valence-corrected chi connectivity index (χ0v) is 12.0. The van der Waals surface area contributed by atoms with E-state index < -0.39 is 5.97 Å². The highest BCUT2D eigenvalue weighted by atomic mass is 32.1. The Morgan fingerprint density at radius 2 is 2.17 bits per heavy atom. The van der Waals surface area contributed by atoms with Crippen LogP contribution >= 0.6 is 22.7 Å². The van der Waals surface area contributed by atoms with Crippen molar-refractivity contribution in [1.29, 1.82) is 0 Å². The summed E-state index contributed by atoms with van der Waals surface area (Å²) >= 11 is 3.04. The number of carbonyl (C=O) groups excluding carboxylic acids is 1. The Hall–Kier alpha value is -1.47. The SMILES string of the molecule is COC(=O)c1csc(N(C)Cc2csc(C)n2)n1. The number of carbonyl (C=O) groups is 1. The zero-order chi connectivity index (χ0) is 13.1. The molecule has 0 amide bonds. The van der Waals surface area contributed by atoms with Crippen LogP contribution in [0.4, 0.5) is 5.13 Å². The smallest absolute Gasteiger partial charge is 0.357 e. The van der Waals surface area contributed by atoms with E-state index in [0.29, 0.717) is 12.2 Å². The highest BCUT2D eigenvalue weighted by molar-refractivity contribution is 7.13. The average Bonchev–Trinajstić information content (AvgIpc) is 2.97. The van der Waals surface area contributed by atoms with Crippen molar-refractivity contribution in [2.24, 2.45) is 0 Å². The number of aromatic nitrogens is 2. The summed E-state index contributed by atoms with van der Waals surface area (Å²) in [5.74, 6) is -0.407. The summed E-state index contributed by atoms with van der Waals surface area (Å²) in [6, 6.07) is 0. The summed E-state index contributed by atoms with van der Waals surface area (Å²) in [4.78, 5) is 21.9. The second-order valence-electron chi connectivity index (χ2n) is 3.72. The second-order valence-corrected chi connectivity index (χ2v) is 5.62. The lowest BCUT2D eigenvalue weighted by atomic mass is 10.4. The van der Waals surface area contributed by atoms with Crippen LogP contribution in [0.2, 0.25) is 0 Å². The van der Waals surface area contributed by atoms with E-state index in [4.69, 9.17) is 0 Å². The topological polar surface area (TPSA) is 55.3 Å². The number of aryl methyl sites for hydroxylation is 1. The van der Waals surface area contributed by atoms with Gasteiger partial charge in [0.2, 0.25) is 0 Å². The van der Waals surface area contributed by atoms with E-state index in [1.807, 2.05) is 24.3 Å². The van der Waals surface area contributed by atoms with Crippen LogP contribution in [0, 0.1) is 6.92 Å². The van der Waals surface area contributed by atoms with Gasteiger partial charge in [0.05, 0.1) is 24.4 Å². The van der Waals surface area contributed by atoms with Crippen molar-refractivity contribution in [2.75, 3.05) is 19.1 Å². The number of methoxy groups -OCH3 is 1. The molecule has 2 heterocycles. The van der Waals surface area contributed by atoms with E-state index >= 15 is 0 Å². The Kier molecular flexibility index (Phi) is 3.93. The van der Waals surface area contributed by atoms with E-state index in [1.165, 1.54) is 18.4 Å².